The van der Waals surface area contributed by atoms with Gasteiger partial charge in [0.15, 0.2) is 0 Å². The molecule has 1 amide bonds. The van der Waals surface area contributed by atoms with Gasteiger partial charge in [-0.15, -0.1) is 0 Å². The van der Waals surface area contributed by atoms with Gasteiger partial charge in [-0.05, 0) is 26.3 Å². The molecule has 16 heavy (non-hydrogen) atoms. The molecule has 4 nitrogen and oxygen atoms in total. The van der Waals surface area contributed by atoms with Crippen LogP contribution >= 0.6 is 0 Å². The molecule has 0 aromatic rings. The average Bonchev–Trinajstić information content (AvgIpc) is 2.60. The van der Waals surface area contributed by atoms with Gasteiger partial charge in [0.1, 0.15) is 5.78 Å². The zero-order chi connectivity index (χ0) is 12.1. The molecule has 1 atom stereocenters. The highest BCUT2D eigenvalue weighted by Crippen LogP contribution is 2.20. The summed E-state index contributed by atoms with van der Waals surface area (Å²) in [6.07, 6.45) is 3.43. The molecule has 0 aliphatic carbocycles. The van der Waals surface area contributed by atoms with Crippen molar-refractivity contribution in [2.24, 2.45) is 0 Å². The fourth-order valence-electron chi connectivity index (χ4n) is 2.22. The molecule has 4 heteroatoms. The highest BCUT2D eigenvalue weighted by molar-refractivity contribution is 5.76. The maximum Gasteiger partial charge on any atom is 0.223 e. The lowest BCUT2D eigenvalue weighted by atomic mass is 10.1. The first-order valence-corrected chi connectivity index (χ1v) is 5.94. The number of likely N-dealkylation sites (tertiary alicyclic amines) is 1. The topological polar surface area (TPSA) is 40.6 Å². The van der Waals surface area contributed by atoms with Crippen LogP contribution in [-0.2, 0) is 9.59 Å². The Kier molecular flexibility index (Phi) is 4.93. The van der Waals surface area contributed by atoms with Gasteiger partial charge in [-0.25, -0.2) is 0 Å². The Bertz CT molecular complexity index is 264. The van der Waals surface area contributed by atoms with Crippen LogP contribution in [0.1, 0.15) is 32.6 Å². The predicted octanol–water partition coefficient (Wildman–Crippen LogP) is 0.908. The summed E-state index contributed by atoms with van der Waals surface area (Å²) in [5, 5.41) is 0. The smallest absolute Gasteiger partial charge is 0.223 e. The number of carbonyl (C=O) groups excluding carboxylic acids is 2. The van der Waals surface area contributed by atoms with Crippen LogP contribution in [0.25, 0.3) is 0 Å². The molecular weight excluding hydrogens is 204 g/mol. The summed E-state index contributed by atoms with van der Waals surface area (Å²) in [5.41, 5.74) is 0. The van der Waals surface area contributed by atoms with Gasteiger partial charge in [-0.3, -0.25) is 14.5 Å². The van der Waals surface area contributed by atoms with Crippen molar-refractivity contribution in [3.63, 3.8) is 0 Å². The van der Waals surface area contributed by atoms with Gasteiger partial charge in [0.05, 0.1) is 0 Å². The molecule has 1 heterocycles. The Morgan fingerprint density at radius 1 is 1.38 bits per heavy atom. The zero-order valence-corrected chi connectivity index (χ0v) is 10.5. The van der Waals surface area contributed by atoms with Crippen LogP contribution in [0.5, 0.6) is 0 Å². The van der Waals surface area contributed by atoms with E-state index < -0.39 is 0 Å². The highest BCUT2D eigenvalue weighted by Gasteiger charge is 2.25. The van der Waals surface area contributed by atoms with Crippen molar-refractivity contribution in [1.82, 2.24) is 9.80 Å². The van der Waals surface area contributed by atoms with Gasteiger partial charge in [-0.1, -0.05) is 0 Å². The van der Waals surface area contributed by atoms with Crippen molar-refractivity contribution >= 4 is 11.7 Å². The van der Waals surface area contributed by atoms with Crippen LogP contribution in [0.2, 0.25) is 0 Å². The number of hydrogen-bond donors (Lipinski definition) is 0. The van der Waals surface area contributed by atoms with Gasteiger partial charge in [0.2, 0.25) is 5.91 Å². The summed E-state index contributed by atoms with van der Waals surface area (Å²) >= 11 is 0. The summed E-state index contributed by atoms with van der Waals surface area (Å²) in [5.74, 6) is 0.407. The monoisotopic (exact) mass is 226 g/mol. The lowest BCUT2D eigenvalue weighted by molar-refractivity contribution is -0.129. The first-order valence-electron chi connectivity index (χ1n) is 5.94. The standard InChI is InChI=1S/C12H22N2O2/c1-10(15)9-11-5-4-7-14(11)8-6-12(16)13(2)3/h11H,4-9H2,1-3H3. The number of carbonyl (C=O) groups is 2. The van der Waals surface area contributed by atoms with Crippen LogP contribution in [0, 0.1) is 0 Å². The largest absolute Gasteiger partial charge is 0.349 e. The summed E-state index contributed by atoms with van der Waals surface area (Å²) in [6, 6.07) is 0.368. The third kappa shape index (κ3) is 3.93. The molecule has 1 aliphatic heterocycles. The SMILES string of the molecule is CC(=O)CC1CCCN1CCC(=O)N(C)C. The van der Waals surface area contributed by atoms with Crippen LogP contribution in [0.4, 0.5) is 0 Å². The summed E-state index contributed by atoms with van der Waals surface area (Å²) in [4.78, 5) is 26.5. The third-order valence-corrected chi connectivity index (χ3v) is 3.13. The Balaban J connectivity index is 2.35. The van der Waals surface area contributed by atoms with Crippen LogP contribution in [0.3, 0.4) is 0 Å². The van der Waals surface area contributed by atoms with E-state index in [0.29, 0.717) is 18.9 Å². The van der Waals surface area contributed by atoms with Gasteiger partial charge >= 0.3 is 0 Å². The molecule has 1 aliphatic rings. The molecule has 1 saturated heterocycles. The second-order valence-electron chi connectivity index (χ2n) is 4.78. The quantitative estimate of drug-likeness (QED) is 0.699. The summed E-state index contributed by atoms with van der Waals surface area (Å²) < 4.78 is 0. The number of Topliss-reactive ketones (excluding diaryl/α,β-unsaturated/α-hetero) is 1. The molecule has 0 aromatic carbocycles. The second kappa shape index (κ2) is 5.99. The van der Waals surface area contributed by atoms with Crippen LogP contribution in [0.15, 0.2) is 0 Å². The van der Waals surface area contributed by atoms with Crippen molar-refractivity contribution in [1.29, 1.82) is 0 Å². The van der Waals surface area contributed by atoms with Crippen LogP contribution in [-0.4, -0.2) is 54.7 Å². The van der Waals surface area contributed by atoms with Crippen molar-refractivity contribution in [3.05, 3.63) is 0 Å². The van der Waals surface area contributed by atoms with Crippen LogP contribution < -0.4 is 0 Å². The highest BCUT2D eigenvalue weighted by atomic mass is 16.2. The maximum absolute atomic E-state index is 11.5. The second-order valence-corrected chi connectivity index (χ2v) is 4.78. The molecule has 92 valence electrons. The average molecular weight is 226 g/mol. The van der Waals surface area contributed by atoms with Gasteiger partial charge in [0, 0.05) is 39.5 Å². The van der Waals surface area contributed by atoms with E-state index in [2.05, 4.69) is 4.90 Å². The van der Waals surface area contributed by atoms with E-state index in [1.807, 2.05) is 0 Å². The zero-order valence-electron chi connectivity index (χ0n) is 10.5. The summed E-state index contributed by atoms with van der Waals surface area (Å²) in [6.45, 7) is 3.45. The number of nitrogens with zero attached hydrogens (tertiary/aromatic N) is 2. The Hall–Kier alpha value is -0.900. The molecule has 1 fully saturated rings. The summed E-state index contributed by atoms with van der Waals surface area (Å²) in [7, 11) is 3.55. The lowest BCUT2D eigenvalue weighted by Crippen LogP contribution is -2.34. The fraction of sp³-hybridized carbons (Fsp3) is 0.833. The molecular formula is C12H22N2O2. The van der Waals surface area contributed by atoms with E-state index in [0.717, 1.165) is 25.9 Å². The van der Waals surface area contributed by atoms with Gasteiger partial charge in [0.25, 0.3) is 0 Å². The minimum absolute atomic E-state index is 0.161. The first kappa shape index (κ1) is 13.2. The molecule has 0 spiro atoms. The van der Waals surface area contributed by atoms with E-state index in [9.17, 15) is 9.59 Å². The first-order chi connectivity index (χ1) is 7.50. The molecule has 0 saturated carbocycles. The minimum atomic E-state index is 0.161. The predicted molar refractivity (Wildman–Crippen MR) is 63.2 cm³/mol. The number of rotatable bonds is 5. The maximum atomic E-state index is 11.5. The molecule has 0 radical (unpaired) electrons. The van der Waals surface area contributed by atoms with Crippen molar-refractivity contribution in [2.75, 3.05) is 27.2 Å². The lowest BCUT2D eigenvalue weighted by Gasteiger charge is -2.23. The Morgan fingerprint density at radius 2 is 2.06 bits per heavy atom. The van der Waals surface area contributed by atoms with Gasteiger partial charge < -0.3 is 4.90 Å². The Labute approximate surface area is 97.6 Å². The third-order valence-electron chi connectivity index (χ3n) is 3.13. The fourth-order valence-corrected chi connectivity index (χ4v) is 2.22. The molecule has 1 unspecified atom stereocenters. The van der Waals surface area contributed by atoms with Gasteiger partial charge in [-0.2, -0.15) is 0 Å². The van der Waals surface area contributed by atoms with E-state index in [-0.39, 0.29) is 11.7 Å². The normalized spacial score (nSPS) is 21.1. The Morgan fingerprint density at radius 3 is 2.62 bits per heavy atom. The molecule has 0 bridgehead atoms. The van der Waals surface area contributed by atoms with Crippen molar-refractivity contribution in [3.8, 4) is 0 Å². The van der Waals surface area contributed by atoms with E-state index in [1.165, 1.54) is 0 Å². The molecule has 0 aromatic heterocycles. The van der Waals surface area contributed by atoms with Crippen molar-refractivity contribution in [2.45, 2.75) is 38.6 Å². The van der Waals surface area contributed by atoms with E-state index in [4.69, 9.17) is 0 Å². The molecule has 0 N–H and O–H groups in total. The molecule has 1 rings (SSSR count). The number of hydrogen-bond acceptors (Lipinski definition) is 3. The minimum Gasteiger partial charge on any atom is -0.349 e. The van der Waals surface area contributed by atoms with Crippen molar-refractivity contribution < 1.29 is 9.59 Å². The number of ketones is 1. The number of amides is 1. The van der Waals surface area contributed by atoms with E-state index in [1.54, 1.807) is 25.9 Å². The van der Waals surface area contributed by atoms with E-state index >= 15 is 0 Å².